The molecule has 26 heavy (non-hydrogen) atoms. The Bertz CT molecular complexity index is 914. The molecule has 134 valence electrons. The Balaban J connectivity index is 1.81. The lowest BCUT2D eigenvalue weighted by Crippen LogP contribution is -2.04. The molecule has 7 heteroatoms. The van der Waals surface area contributed by atoms with E-state index in [0.29, 0.717) is 23.3 Å². The number of nitrogens with one attached hydrogen (secondary N) is 2. The normalized spacial score (nSPS) is 10.3. The monoisotopic (exact) mass is 351 g/mol. The minimum Gasteiger partial charge on any atom is -0.497 e. The number of nitrogens with zero attached hydrogens (tertiary/aromatic N) is 3. The van der Waals surface area contributed by atoms with Crippen LogP contribution in [0.1, 0.15) is 11.1 Å². The lowest BCUT2D eigenvalue weighted by atomic mass is 10.1. The van der Waals surface area contributed by atoms with Crippen molar-refractivity contribution in [3.8, 4) is 11.5 Å². The van der Waals surface area contributed by atoms with Gasteiger partial charge in [-0.05, 0) is 37.6 Å². The third-order valence-electron chi connectivity index (χ3n) is 3.86. The van der Waals surface area contributed by atoms with Gasteiger partial charge in [0.15, 0.2) is 5.82 Å². The van der Waals surface area contributed by atoms with Crippen LogP contribution in [0, 0.1) is 13.8 Å². The molecular formula is C19H21N5O2. The molecule has 1 heterocycles. The van der Waals surface area contributed by atoms with Gasteiger partial charge in [0.05, 0.1) is 26.1 Å². The fourth-order valence-electron chi connectivity index (χ4n) is 2.53. The highest BCUT2D eigenvalue weighted by Gasteiger charge is 2.08. The van der Waals surface area contributed by atoms with Gasteiger partial charge in [0.2, 0.25) is 5.95 Å². The number of rotatable bonds is 6. The van der Waals surface area contributed by atoms with Crippen LogP contribution in [-0.4, -0.2) is 29.4 Å². The fraction of sp³-hybridized carbons (Fsp3) is 0.211. The summed E-state index contributed by atoms with van der Waals surface area (Å²) >= 11 is 0. The molecular weight excluding hydrogens is 330 g/mol. The summed E-state index contributed by atoms with van der Waals surface area (Å²) in [5.41, 5.74) is 4.04. The number of hydrogen-bond acceptors (Lipinski definition) is 7. The molecule has 3 rings (SSSR count). The zero-order valence-electron chi connectivity index (χ0n) is 15.2. The van der Waals surface area contributed by atoms with E-state index in [1.165, 1.54) is 5.56 Å². The van der Waals surface area contributed by atoms with Crippen molar-refractivity contribution in [2.75, 3.05) is 24.9 Å². The van der Waals surface area contributed by atoms with Gasteiger partial charge in [-0.3, -0.25) is 0 Å². The number of anilines is 4. The Hall–Kier alpha value is -3.35. The molecule has 2 N–H and O–H groups in total. The van der Waals surface area contributed by atoms with Crippen LogP contribution in [0.25, 0.3) is 0 Å². The van der Waals surface area contributed by atoms with E-state index in [1.807, 2.05) is 31.2 Å². The predicted octanol–water partition coefficient (Wildman–Crippen LogP) is 3.99. The number of aryl methyl sites for hydroxylation is 2. The average molecular weight is 351 g/mol. The van der Waals surface area contributed by atoms with Crippen molar-refractivity contribution in [3.63, 3.8) is 0 Å². The van der Waals surface area contributed by atoms with Gasteiger partial charge >= 0.3 is 0 Å². The summed E-state index contributed by atoms with van der Waals surface area (Å²) in [5, 5.41) is 14.4. The molecule has 1 aromatic heterocycles. The standard InChI is InChI=1S/C19H21N5O2/c1-12-5-7-15(13(2)9-12)21-18-11-20-24-19(23-18)22-16-8-6-14(25-3)10-17(16)26-4/h5-11H,1-4H3,(H2,21,22,23,24). The minimum absolute atomic E-state index is 0.364. The van der Waals surface area contributed by atoms with Crippen LogP contribution >= 0.6 is 0 Å². The highest BCUT2D eigenvalue weighted by Crippen LogP contribution is 2.30. The maximum absolute atomic E-state index is 5.38. The summed E-state index contributed by atoms with van der Waals surface area (Å²) in [5.74, 6) is 2.29. The maximum Gasteiger partial charge on any atom is 0.249 e. The van der Waals surface area contributed by atoms with Gasteiger partial charge in [-0.2, -0.15) is 10.1 Å². The quantitative estimate of drug-likeness (QED) is 0.695. The molecule has 0 bridgehead atoms. The molecule has 0 saturated carbocycles. The van der Waals surface area contributed by atoms with E-state index in [1.54, 1.807) is 26.5 Å². The summed E-state index contributed by atoms with van der Waals surface area (Å²) in [6.07, 6.45) is 1.58. The zero-order chi connectivity index (χ0) is 18.5. The zero-order valence-corrected chi connectivity index (χ0v) is 15.2. The van der Waals surface area contributed by atoms with Crippen LogP contribution in [0.15, 0.2) is 42.6 Å². The van der Waals surface area contributed by atoms with Crippen LogP contribution in [0.5, 0.6) is 11.5 Å². The van der Waals surface area contributed by atoms with Gasteiger partial charge in [0, 0.05) is 11.8 Å². The first kappa shape index (κ1) is 17.5. The molecule has 2 aromatic carbocycles. The van der Waals surface area contributed by atoms with E-state index in [9.17, 15) is 0 Å². The van der Waals surface area contributed by atoms with Crippen LogP contribution in [0.4, 0.5) is 23.1 Å². The van der Waals surface area contributed by atoms with Crippen LogP contribution < -0.4 is 20.1 Å². The van der Waals surface area contributed by atoms with E-state index in [2.05, 4.69) is 38.8 Å². The number of ether oxygens (including phenoxy) is 2. The predicted molar refractivity (Wildman–Crippen MR) is 102 cm³/mol. The number of hydrogen-bond donors (Lipinski definition) is 2. The molecule has 7 nitrogen and oxygen atoms in total. The maximum atomic E-state index is 5.38. The third kappa shape index (κ3) is 4.00. The highest BCUT2D eigenvalue weighted by atomic mass is 16.5. The van der Waals surface area contributed by atoms with Crippen molar-refractivity contribution in [1.82, 2.24) is 15.2 Å². The molecule has 0 aliphatic heterocycles. The molecule has 0 spiro atoms. The molecule has 0 aliphatic carbocycles. The lowest BCUT2D eigenvalue weighted by Gasteiger charge is -2.12. The topological polar surface area (TPSA) is 81.2 Å². The van der Waals surface area contributed by atoms with Crippen molar-refractivity contribution >= 4 is 23.1 Å². The Kier molecular flexibility index (Phi) is 5.17. The van der Waals surface area contributed by atoms with E-state index < -0.39 is 0 Å². The van der Waals surface area contributed by atoms with Crippen LogP contribution in [0.2, 0.25) is 0 Å². The molecule has 0 atom stereocenters. The largest absolute Gasteiger partial charge is 0.497 e. The Morgan fingerprint density at radius 2 is 1.69 bits per heavy atom. The van der Waals surface area contributed by atoms with E-state index in [0.717, 1.165) is 16.9 Å². The SMILES string of the molecule is COc1ccc(Nc2nncc(Nc3ccc(C)cc3C)n2)c(OC)c1. The number of benzene rings is 2. The Morgan fingerprint density at radius 3 is 2.42 bits per heavy atom. The summed E-state index contributed by atoms with van der Waals surface area (Å²) in [6.45, 7) is 4.11. The van der Waals surface area contributed by atoms with Gasteiger partial charge < -0.3 is 20.1 Å². The minimum atomic E-state index is 0.364. The van der Waals surface area contributed by atoms with Gasteiger partial charge in [-0.15, -0.1) is 5.10 Å². The molecule has 0 amide bonds. The van der Waals surface area contributed by atoms with Gasteiger partial charge in [0.25, 0.3) is 0 Å². The van der Waals surface area contributed by atoms with E-state index in [-0.39, 0.29) is 0 Å². The first-order valence-corrected chi connectivity index (χ1v) is 8.12. The molecule has 0 fully saturated rings. The summed E-state index contributed by atoms with van der Waals surface area (Å²) in [7, 11) is 3.20. The van der Waals surface area contributed by atoms with E-state index in [4.69, 9.17) is 9.47 Å². The molecule has 0 radical (unpaired) electrons. The first-order chi connectivity index (χ1) is 12.6. The van der Waals surface area contributed by atoms with Gasteiger partial charge in [-0.1, -0.05) is 17.7 Å². The second-order valence-corrected chi connectivity index (χ2v) is 5.80. The third-order valence-corrected chi connectivity index (χ3v) is 3.86. The van der Waals surface area contributed by atoms with Crippen molar-refractivity contribution in [1.29, 1.82) is 0 Å². The Morgan fingerprint density at radius 1 is 0.885 bits per heavy atom. The second kappa shape index (κ2) is 7.69. The van der Waals surface area contributed by atoms with Crippen molar-refractivity contribution in [2.45, 2.75) is 13.8 Å². The lowest BCUT2D eigenvalue weighted by molar-refractivity contribution is 0.395. The van der Waals surface area contributed by atoms with Crippen molar-refractivity contribution < 1.29 is 9.47 Å². The number of aromatic nitrogens is 3. The molecule has 0 unspecified atom stereocenters. The molecule has 3 aromatic rings. The summed E-state index contributed by atoms with van der Waals surface area (Å²) < 4.78 is 10.6. The van der Waals surface area contributed by atoms with Crippen molar-refractivity contribution in [2.24, 2.45) is 0 Å². The fourth-order valence-corrected chi connectivity index (χ4v) is 2.53. The average Bonchev–Trinajstić information content (AvgIpc) is 2.65. The molecule has 0 aliphatic rings. The van der Waals surface area contributed by atoms with E-state index >= 15 is 0 Å². The second-order valence-electron chi connectivity index (χ2n) is 5.80. The smallest absolute Gasteiger partial charge is 0.249 e. The van der Waals surface area contributed by atoms with Crippen LogP contribution in [-0.2, 0) is 0 Å². The van der Waals surface area contributed by atoms with Gasteiger partial charge in [-0.25, -0.2) is 0 Å². The molecule has 0 saturated heterocycles. The first-order valence-electron chi connectivity index (χ1n) is 8.12. The van der Waals surface area contributed by atoms with Crippen LogP contribution in [0.3, 0.4) is 0 Å². The highest BCUT2D eigenvalue weighted by molar-refractivity contribution is 5.66. The van der Waals surface area contributed by atoms with Crippen molar-refractivity contribution in [3.05, 3.63) is 53.7 Å². The summed E-state index contributed by atoms with van der Waals surface area (Å²) in [4.78, 5) is 4.46. The summed E-state index contributed by atoms with van der Waals surface area (Å²) in [6, 6.07) is 11.6. The Labute approximate surface area is 152 Å². The number of methoxy groups -OCH3 is 2. The van der Waals surface area contributed by atoms with Gasteiger partial charge in [0.1, 0.15) is 11.5 Å².